The van der Waals surface area contributed by atoms with Crippen molar-refractivity contribution in [3.8, 4) is 0 Å². The quantitative estimate of drug-likeness (QED) is 0.580. The molecular formula is C14H22NO2+. The Kier molecular flexibility index (Phi) is 4.67. The molecule has 0 aromatic heterocycles. The first-order valence-corrected chi connectivity index (χ1v) is 6.03. The molecule has 0 aliphatic carbocycles. The fraction of sp³-hybridized carbons (Fsp3) is 0.571. The van der Waals surface area contributed by atoms with Crippen LogP contribution in [0.15, 0.2) is 24.3 Å². The van der Waals surface area contributed by atoms with Crippen LogP contribution in [0.3, 0.4) is 0 Å². The summed E-state index contributed by atoms with van der Waals surface area (Å²) in [6.07, 6.45) is 1.80. The molecule has 0 bridgehead atoms. The van der Waals surface area contributed by atoms with Crippen LogP contribution < -0.4 is 0 Å². The summed E-state index contributed by atoms with van der Waals surface area (Å²) in [7, 11) is 1.36. The number of nitrogens with zero attached hydrogens (tertiary/aromatic N) is 1. The molecule has 1 aromatic carbocycles. The highest BCUT2D eigenvalue weighted by Crippen LogP contribution is 2.23. The molecule has 0 amide bonds. The Morgan fingerprint density at radius 3 is 2.59 bits per heavy atom. The standard InChI is InChI=1S/C14H22NO2/c1-14(2,3)13-9-5-7-12(11-13)8-6-10-17-15(4)16/h5,7,9,11H,6,8,10H2,1-4H3/q+1. The van der Waals surface area contributed by atoms with E-state index in [1.165, 1.54) is 18.2 Å². The lowest BCUT2D eigenvalue weighted by Crippen LogP contribution is -2.11. The molecule has 17 heavy (non-hydrogen) atoms. The second-order valence-corrected chi connectivity index (χ2v) is 5.33. The van der Waals surface area contributed by atoms with Gasteiger partial charge in [0.2, 0.25) is 12.0 Å². The van der Waals surface area contributed by atoms with E-state index in [1.54, 1.807) is 0 Å². The maximum Gasteiger partial charge on any atom is 0.239 e. The fourth-order valence-corrected chi connectivity index (χ4v) is 1.66. The molecule has 0 radical (unpaired) electrons. The fourth-order valence-electron chi connectivity index (χ4n) is 1.66. The minimum absolute atomic E-state index is 0.182. The van der Waals surface area contributed by atoms with Crippen LogP contribution in [0, 0.1) is 4.91 Å². The molecule has 0 aliphatic heterocycles. The Morgan fingerprint density at radius 2 is 2.00 bits per heavy atom. The summed E-state index contributed by atoms with van der Waals surface area (Å²) >= 11 is 0. The Balaban J connectivity index is 2.52. The largest absolute Gasteiger partial charge is 0.239 e. The summed E-state index contributed by atoms with van der Waals surface area (Å²) in [5.41, 5.74) is 2.83. The van der Waals surface area contributed by atoms with E-state index in [9.17, 15) is 4.91 Å². The van der Waals surface area contributed by atoms with Gasteiger partial charge < -0.3 is 0 Å². The van der Waals surface area contributed by atoms with Gasteiger partial charge in [-0.15, -0.1) is 0 Å². The van der Waals surface area contributed by atoms with Gasteiger partial charge >= 0.3 is 0 Å². The van der Waals surface area contributed by atoms with E-state index in [4.69, 9.17) is 4.84 Å². The summed E-state index contributed by atoms with van der Waals surface area (Å²) in [5.74, 6) is 0. The van der Waals surface area contributed by atoms with Crippen LogP contribution in [0.5, 0.6) is 0 Å². The lowest BCUT2D eigenvalue weighted by molar-refractivity contribution is -0.784. The average Bonchev–Trinajstić information content (AvgIpc) is 2.23. The third kappa shape index (κ3) is 4.98. The molecule has 0 saturated heterocycles. The van der Waals surface area contributed by atoms with Crippen molar-refractivity contribution >= 4 is 0 Å². The van der Waals surface area contributed by atoms with Crippen molar-refractivity contribution in [1.82, 2.24) is 0 Å². The molecule has 3 heteroatoms. The Bertz CT molecular complexity index is 380. The molecular weight excluding hydrogens is 214 g/mol. The van der Waals surface area contributed by atoms with Crippen LogP contribution in [0.25, 0.3) is 0 Å². The molecule has 0 heterocycles. The molecule has 0 unspecified atom stereocenters. The van der Waals surface area contributed by atoms with Gasteiger partial charge in [0, 0.05) is 0 Å². The molecule has 94 valence electrons. The molecule has 1 aromatic rings. The zero-order valence-corrected chi connectivity index (χ0v) is 11.2. The molecule has 1 rings (SSSR count). The second kappa shape index (κ2) is 5.80. The zero-order chi connectivity index (χ0) is 12.9. The zero-order valence-electron chi connectivity index (χ0n) is 11.2. The normalized spacial score (nSPS) is 11.3. The second-order valence-electron chi connectivity index (χ2n) is 5.33. The number of benzene rings is 1. The van der Waals surface area contributed by atoms with Crippen molar-refractivity contribution in [2.75, 3.05) is 13.7 Å². The predicted octanol–water partition coefficient (Wildman–Crippen LogP) is 3.26. The summed E-state index contributed by atoms with van der Waals surface area (Å²) in [6.45, 7) is 7.10. The maximum absolute atomic E-state index is 10.5. The van der Waals surface area contributed by atoms with E-state index in [2.05, 4.69) is 45.0 Å². The van der Waals surface area contributed by atoms with Crippen LogP contribution in [0.2, 0.25) is 0 Å². The number of hydrogen-bond acceptors (Lipinski definition) is 2. The highest BCUT2D eigenvalue weighted by Gasteiger charge is 2.13. The topological polar surface area (TPSA) is 29.3 Å². The van der Waals surface area contributed by atoms with Crippen LogP contribution in [0.1, 0.15) is 38.3 Å². The van der Waals surface area contributed by atoms with Gasteiger partial charge in [0.25, 0.3) is 0 Å². The lowest BCUT2D eigenvalue weighted by atomic mass is 9.86. The minimum Gasteiger partial charge on any atom is -0.232 e. The maximum atomic E-state index is 10.5. The first kappa shape index (κ1) is 13.7. The van der Waals surface area contributed by atoms with Gasteiger partial charge in [-0.1, -0.05) is 45.0 Å². The van der Waals surface area contributed by atoms with Gasteiger partial charge in [0.1, 0.15) is 0 Å². The highest BCUT2D eigenvalue weighted by atomic mass is 16.8. The van der Waals surface area contributed by atoms with Gasteiger partial charge in [0.05, 0.1) is 4.91 Å². The number of rotatable bonds is 5. The predicted molar refractivity (Wildman–Crippen MR) is 69.0 cm³/mol. The van der Waals surface area contributed by atoms with Gasteiger partial charge in [-0.3, -0.25) is 0 Å². The third-order valence-corrected chi connectivity index (χ3v) is 2.68. The van der Waals surface area contributed by atoms with E-state index in [0.717, 1.165) is 12.8 Å². The van der Waals surface area contributed by atoms with E-state index in [-0.39, 0.29) is 5.41 Å². The summed E-state index contributed by atoms with van der Waals surface area (Å²) in [4.78, 5) is 15.9. The van der Waals surface area contributed by atoms with Crippen LogP contribution in [-0.2, 0) is 16.7 Å². The summed E-state index contributed by atoms with van der Waals surface area (Å²) < 4.78 is 0. The molecule has 0 aliphatic rings. The van der Waals surface area contributed by atoms with Crippen molar-refractivity contribution in [2.24, 2.45) is 0 Å². The van der Waals surface area contributed by atoms with Crippen molar-refractivity contribution < 1.29 is 9.76 Å². The van der Waals surface area contributed by atoms with E-state index >= 15 is 0 Å². The van der Waals surface area contributed by atoms with Crippen molar-refractivity contribution in [3.63, 3.8) is 0 Å². The Hall–Kier alpha value is -1.38. The third-order valence-electron chi connectivity index (χ3n) is 2.68. The highest BCUT2D eigenvalue weighted by molar-refractivity contribution is 5.28. The molecule has 0 fully saturated rings. The smallest absolute Gasteiger partial charge is 0.232 e. The Labute approximate surface area is 103 Å². The molecule has 0 saturated carbocycles. The van der Waals surface area contributed by atoms with Gasteiger partial charge in [-0.2, -0.15) is 0 Å². The molecule has 3 nitrogen and oxygen atoms in total. The summed E-state index contributed by atoms with van der Waals surface area (Å²) in [6, 6.07) is 8.61. The van der Waals surface area contributed by atoms with Gasteiger partial charge in [-0.05, 0) is 29.4 Å². The summed E-state index contributed by atoms with van der Waals surface area (Å²) in [5, 5.41) is 0. The average molecular weight is 236 g/mol. The SMILES string of the molecule is C[N+](=O)OCCCc1cccc(C(C)(C)C)c1. The molecule has 0 N–H and O–H groups in total. The van der Waals surface area contributed by atoms with Gasteiger partial charge in [0.15, 0.2) is 6.61 Å². The van der Waals surface area contributed by atoms with Crippen molar-refractivity contribution in [3.05, 3.63) is 40.3 Å². The monoisotopic (exact) mass is 236 g/mol. The minimum atomic E-state index is 0.182. The number of aryl methyl sites for hydroxylation is 1. The first-order valence-electron chi connectivity index (χ1n) is 6.03. The van der Waals surface area contributed by atoms with Crippen LogP contribution >= 0.6 is 0 Å². The lowest BCUT2D eigenvalue weighted by Gasteiger charge is -2.19. The molecule has 0 spiro atoms. The van der Waals surface area contributed by atoms with E-state index in [0.29, 0.717) is 11.5 Å². The van der Waals surface area contributed by atoms with Crippen LogP contribution in [0.4, 0.5) is 0 Å². The molecule has 0 atom stereocenters. The number of hydrogen-bond donors (Lipinski definition) is 0. The first-order chi connectivity index (χ1) is 7.89. The Morgan fingerprint density at radius 1 is 1.29 bits per heavy atom. The van der Waals surface area contributed by atoms with Crippen molar-refractivity contribution in [2.45, 2.75) is 39.0 Å². The van der Waals surface area contributed by atoms with E-state index < -0.39 is 0 Å². The van der Waals surface area contributed by atoms with Crippen molar-refractivity contribution in [1.29, 1.82) is 0 Å². The van der Waals surface area contributed by atoms with E-state index in [1.807, 2.05) is 0 Å². The van der Waals surface area contributed by atoms with Crippen LogP contribution in [-0.4, -0.2) is 18.6 Å². The van der Waals surface area contributed by atoms with Gasteiger partial charge in [-0.25, -0.2) is 4.84 Å².